The summed E-state index contributed by atoms with van der Waals surface area (Å²) >= 11 is -1.43. The molecule has 0 aromatic carbocycles. The first-order valence-electron chi connectivity index (χ1n) is 7.64. The maximum absolute atomic E-state index is 12.8. The van der Waals surface area contributed by atoms with Gasteiger partial charge in [0.05, 0.1) is 6.20 Å². The van der Waals surface area contributed by atoms with Crippen molar-refractivity contribution >= 4 is 16.8 Å². The highest BCUT2D eigenvalue weighted by atomic mass is 32.2. The van der Waals surface area contributed by atoms with Crippen molar-refractivity contribution in [3.8, 4) is 23.2 Å². The minimum atomic E-state index is -4.58. The lowest BCUT2D eigenvalue weighted by molar-refractivity contribution is -0.141. The summed E-state index contributed by atoms with van der Waals surface area (Å²) in [5.41, 5.74) is -0.513. The summed E-state index contributed by atoms with van der Waals surface area (Å²) in [6, 6.07) is 4.13. The van der Waals surface area contributed by atoms with Gasteiger partial charge < -0.3 is 9.29 Å². The van der Waals surface area contributed by atoms with Gasteiger partial charge in [0.25, 0.3) is 0 Å². The number of halogens is 3. The van der Waals surface area contributed by atoms with Crippen molar-refractivity contribution in [2.45, 2.75) is 18.0 Å². The van der Waals surface area contributed by atoms with Gasteiger partial charge in [-0.2, -0.15) is 18.4 Å². The fraction of sp³-hybridized carbons (Fsp3) is 0.250. The van der Waals surface area contributed by atoms with Crippen LogP contribution in [0.1, 0.15) is 12.6 Å². The van der Waals surface area contributed by atoms with Crippen molar-refractivity contribution in [2.24, 2.45) is 0 Å². The van der Waals surface area contributed by atoms with Crippen LogP contribution in [0.3, 0.4) is 0 Å². The lowest BCUT2D eigenvalue weighted by Crippen LogP contribution is -2.08. The average molecular weight is 395 g/mol. The molecule has 0 spiro atoms. The normalized spacial score (nSPS) is 12.7. The third kappa shape index (κ3) is 3.96. The highest BCUT2D eigenvalue weighted by Gasteiger charge is 2.33. The number of hydrogen-bond acceptors (Lipinski definition) is 6. The van der Waals surface area contributed by atoms with E-state index in [1.807, 2.05) is 6.07 Å². The minimum absolute atomic E-state index is 0.0344. The van der Waals surface area contributed by atoms with E-state index in [1.165, 1.54) is 22.9 Å². The SMILES string of the molecule is CC[S+]([O-])c1cc(OCC#N)cnc1-c1cn2cnc(C(F)(F)F)cc2n1. The zero-order valence-corrected chi connectivity index (χ0v) is 14.7. The molecule has 0 aliphatic heterocycles. The van der Waals surface area contributed by atoms with Crippen LogP contribution in [-0.2, 0) is 17.4 Å². The van der Waals surface area contributed by atoms with Crippen LogP contribution < -0.4 is 4.74 Å². The molecule has 0 amide bonds. The Kier molecular flexibility index (Phi) is 5.20. The maximum Gasteiger partial charge on any atom is 0.433 e. The monoisotopic (exact) mass is 395 g/mol. The Hall–Kier alpha value is -2.84. The number of fused-ring (bicyclic) bond motifs is 1. The third-order valence-corrected chi connectivity index (χ3v) is 4.85. The van der Waals surface area contributed by atoms with Crippen LogP contribution in [0.4, 0.5) is 13.2 Å². The van der Waals surface area contributed by atoms with E-state index in [0.717, 1.165) is 12.4 Å². The van der Waals surface area contributed by atoms with E-state index in [1.54, 1.807) is 6.92 Å². The van der Waals surface area contributed by atoms with E-state index in [4.69, 9.17) is 10.00 Å². The predicted octanol–water partition coefficient (Wildman–Crippen LogP) is 2.84. The number of hydrogen-bond donors (Lipinski definition) is 0. The van der Waals surface area contributed by atoms with Crippen molar-refractivity contribution in [3.05, 3.63) is 36.5 Å². The van der Waals surface area contributed by atoms with E-state index in [2.05, 4.69) is 15.0 Å². The number of nitrogens with zero attached hydrogens (tertiary/aromatic N) is 5. The first-order valence-corrected chi connectivity index (χ1v) is 8.96. The molecule has 0 aliphatic carbocycles. The Morgan fingerprint density at radius 2 is 2.11 bits per heavy atom. The molecule has 0 radical (unpaired) electrons. The van der Waals surface area contributed by atoms with E-state index in [9.17, 15) is 17.7 Å². The highest BCUT2D eigenvalue weighted by molar-refractivity contribution is 7.91. The summed E-state index contributed by atoms with van der Waals surface area (Å²) in [5, 5.41) is 8.59. The summed E-state index contributed by atoms with van der Waals surface area (Å²) in [5.74, 6) is 0.561. The Balaban J connectivity index is 2.08. The predicted molar refractivity (Wildman–Crippen MR) is 89.3 cm³/mol. The van der Waals surface area contributed by atoms with Crippen LogP contribution in [-0.4, -0.2) is 36.3 Å². The Bertz CT molecular complexity index is 1020. The molecule has 3 aromatic heterocycles. The molecule has 0 bridgehead atoms. The second-order valence-electron chi connectivity index (χ2n) is 5.26. The van der Waals surface area contributed by atoms with E-state index in [0.29, 0.717) is 10.6 Å². The van der Waals surface area contributed by atoms with Gasteiger partial charge >= 0.3 is 6.18 Å². The van der Waals surface area contributed by atoms with Gasteiger partial charge in [-0.15, -0.1) is 0 Å². The first kappa shape index (κ1) is 18.9. The van der Waals surface area contributed by atoms with Crippen molar-refractivity contribution in [1.29, 1.82) is 5.26 Å². The molecule has 0 N–H and O–H groups in total. The Morgan fingerprint density at radius 1 is 1.33 bits per heavy atom. The van der Waals surface area contributed by atoms with Crippen molar-refractivity contribution in [2.75, 3.05) is 12.4 Å². The van der Waals surface area contributed by atoms with E-state index >= 15 is 0 Å². The molecule has 11 heteroatoms. The molecule has 3 aromatic rings. The van der Waals surface area contributed by atoms with Gasteiger partial charge in [0.2, 0.25) is 0 Å². The number of imidazole rings is 1. The molecule has 0 aliphatic rings. The van der Waals surface area contributed by atoms with Crippen LogP contribution in [0, 0.1) is 11.3 Å². The second-order valence-corrected chi connectivity index (χ2v) is 6.97. The number of alkyl halides is 3. The fourth-order valence-corrected chi connectivity index (χ4v) is 3.23. The van der Waals surface area contributed by atoms with Gasteiger partial charge in [-0.05, 0) is 18.1 Å². The van der Waals surface area contributed by atoms with Gasteiger partial charge in [-0.3, -0.25) is 4.40 Å². The van der Waals surface area contributed by atoms with Crippen LogP contribution in [0.25, 0.3) is 17.0 Å². The average Bonchev–Trinajstić information content (AvgIpc) is 3.07. The maximum atomic E-state index is 12.8. The third-order valence-electron chi connectivity index (χ3n) is 3.52. The summed E-state index contributed by atoms with van der Waals surface area (Å²) in [6.45, 7) is 1.52. The van der Waals surface area contributed by atoms with Crippen LogP contribution >= 0.6 is 0 Å². The Labute approximate surface area is 154 Å². The van der Waals surface area contributed by atoms with E-state index < -0.39 is 23.0 Å². The fourth-order valence-electron chi connectivity index (χ4n) is 2.30. The molecule has 0 fully saturated rings. The highest BCUT2D eigenvalue weighted by Crippen LogP contribution is 2.31. The zero-order valence-electron chi connectivity index (χ0n) is 13.9. The standard InChI is InChI=1S/C16H12F3N5O2S/c1-2-27(25)12-5-10(26-4-3-20)7-21-15(12)11-8-24-9-22-13(16(17,18)19)6-14(24)23-11/h5-9H,2,4H2,1H3. The zero-order chi connectivity index (χ0) is 19.6. The van der Waals surface area contributed by atoms with Gasteiger partial charge in [-0.1, -0.05) is 0 Å². The molecule has 3 heterocycles. The smallest absolute Gasteiger partial charge is 0.433 e. The van der Waals surface area contributed by atoms with Crippen molar-refractivity contribution in [1.82, 2.24) is 19.4 Å². The second kappa shape index (κ2) is 7.42. The van der Waals surface area contributed by atoms with Crippen molar-refractivity contribution in [3.63, 3.8) is 0 Å². The van der Waals surface area contributed by atoms with Gasteiger partial charge in [0.1, 0.15) is 46.6 Å². The number of ether oxygens (including phenoxy) is 1. The quantitative estimate of drug-likeness (QED) is 0.616. The van der Waals surface area contributed by atoms with Crippen LogP contribution in [0.5, 0.6) is 5.75 Å². The number of rotatable bonds is 5. The van der Waals surface area contributed by atoms with Crippen LogP contribution in [0.2, 0.25) is 0 Å². The first-order chi connectivity index (χ1) is 12.8. The topological polar surface area (TPSA) is 99.2 Å². The summed E-state index contributed by atoms with van der Waals surface area (Å²) in [4.78, 5) is 12.0. The van der Waals surface area contributed by atoms with Gasteiger partial charge in [0.15, 0.2) is 11.5 Å². The lowest BCUT2D eigenvalue weighted by Gasteiger charge is -2.12. The molecular formula is C16H12F3N5O2S. The number of pyridine rings is 1. The van der Waals surface area contributed by atoms with Crippen molar-refractivity contribution < 1.29 is 22.5 Å². The molecule has 1 atom stereocenters. The summed E-state index contributed by atoms with van der Waals surface area (Å²) in [6.07, 6.45) is -0.778. The van der Waals surface area contributed by atoms with Crippen LogP contribution in [0.15, 0.2) is 35.7 Å². The molecule has 0 saturated heterocycles. The molecule has 7 nitrogen and oxygen atoms in total. The molecule has 0 saturated carbocycles. The van der Waals surface area contributed by atoms with Gasteiger partial charge in [0, 0.05) is 18.3 Å². The molecular weight excluding hydrogens is 383 g/mol. The van der Waals surface area contributed by atoms with E-state index in [-0.39, 0.29) is 29.4 Å². The molecule has 3 rings (SSSR count). The molecule has 1 unspecified atom stereocenters. The summed E-state index contributed by atoms with van der Waals surface area (Å²) in [7, 11) is 0. The largest absolute Gasteiger partial charge is 0.611 e. The molecule has 27 heavy (non-hydrogen) atoms. The summed E-state index contributed by atoms with van der Waals surface area (Å²) < 4.78 is 57.3. The number of nitriles is 1. The Morgan fingerprint density at radius 3 is 2.78 bits per heavy atom. The number of aromatic nitrogens is 4. The van der Waals surface area contributed by atoms with Gasteiger partial charge in [-0.25, -0.2) is 15.0 Å². The molecule has 140 valence electrons. The lowest BCUT2D eigenvalue weighted by atomic mass is 10.3. The minimum Gasteiger partial charge on any atom is -0.611 e.